The van der Waals surface area contributed by atoms with Crippen molar-refractivity contribution in [3.05, 3.63) is 26.9 Å². The lowest BCUT2D eigenvalue weighted by Crippen LogP contribution is -2.50. The van der Waals surface area contributed by atoms with Crippen LogP contribution in [-0.2, 0) is 11.3 Å². The van der Waals surface area contributed by atoms with E-state index in [4.69, 9.17) is 10.8 Å². The molecule has 0 fully saturated rings. The van der Waals surface area contributed by atoms with Crippen LogP contribution in [0.3, 0.4) is 0 Å². The van der Waals surface area contributed by atoms with Crippen LogP contribution in [0.4, 0.5) is 0 Å². The molecule has 1 unspecified atom stereocenters. The third kappa shape index (κ3) is 2.28. The van der Waals surface area contributed by atoms with Gasteiger partial charge in [0, 0.05) is 0 Å². The third-order valence-corrected chi connectivity index (χ3v) is 1.99. The van der Waals surface area contributed by atoms with Crippen molar-refractivity contribution in [1.29, 1.82) is 0 Å². The van der Waals surface area contributed by atoms with Gasteiger partial charge >= 0.3 is 11.7 Å². The summed E-state index contributed by atoms with van der Waals surface area (Å²) in [6.07, 6.45) is 0. The summed E-state index contributed by atoms with van der Waals surface area (Å²) in [5, 5.41) is 18.1. The highest BCUT2D eigenvalue weighted by Crippen LogP contribution is 2.07. The first kappa shape index (κ1) is 12.0. The van der Waals surface area contributed by atoms with Crippen LogP contribution in [0, 0.1) is 0 Å². The zero-order valence-corrected chi connectivity index (χ0v) is 8.43. The molecule has 88 valence electrons. The summed E-state index contributed by atoms with van der Waals surface area (Å²) in [6.45, 7) is 0.732. The highest BCUT2D eigenvalue weighted by molar-refractivity contribution is 5.77. The summed E-state index contributed by atoms with van der Waals surface area (Å²) in [6, 6.07) is 0.763. The fourth-order valence-electron chi connectivity index (χ4n) is 1.06. The van der Waals surface area contributed by atoms with Crippen molar-refractivity contribution in [1.82, 2.24) is 9.55 Å². The molecule has 1 rings (SSSR count). The Labute approximate surface area is 89.0 Å². The van der Waals surface area contributed by atoms with Gasteiger partial charge in [0.2, 0.25) is 5.88 Å². The van der Waals surface area contributed by atoms with Crippen LogP contribution >= 0.6 is 0 Å². The molecular formula is C8H11N3O5. The number of nitrogens with one attached hydrogen (secondary N) is 1. The molecule has 0 radical (unpaired) electrons. The summed E-state index contributed by atoms with van der Waals surface area (Å²) in [5.41, 5.74) is 2.00. The third-order valence-electron chi connectivity index (χ3n) is 1.99. The molecule has 0 spiro atoms. The van der Waals surface area contributed by atoms with E-state index >= 15 is 0 Å². The number of aromatic hydroxyl groups is 1. The van der Waals surface area contributed by atoms with Gasteiger partial charge in [-0.1, -0.05) is 0 Å². The fraction of sp³-hybridized carbons (Fsp3) is 0.375. The van der Waals surface area contributed by atoms with Gasteiger partial charge in [-0.3, -0.25) is 19.1 Å². The van der Waals surface area contributed by atoms with Crippen molar-refractivity contribution < 1.29 is 15.0 Å². The average Bonchev–Trinajstić information content (AvgIpc) is 2.11. The Morgan fingerprint density at radius 1 is 1.62 bits per heavy atom. The predicted octanol–water partition coefficient (Wildman–Crippen LogP) is -1.96. The average molecular weight is 229 g/mol. The predicted molar refractivity (Wildman–Crippen MR) is 53.2 cm³/mol. The molecule has 0 aliphatic carbocycles. The van der Waals surface area contributed by atoms with Crippen molar-refractivity contribution in [3.63, 3.8) is 0 Å². The molecule has 8 heteroatoms. The number of nitrogens with zero attached hydrogens (tertiary/aromatic N) is 1. The highest BCUT2D eigenvalue weighted by Gasteiger charge is 2.29. The number of rotatable bonds is 3. The number of H-pyrrole nitrogens is 1. The van der Waals surface area contributed by atoms with Crippen molar-refractivity contribution in [3.8, 4) is 5.88 Å². The van der Waals surface area contributed by atoms with Gasteiger partial charge in [-0.25, -0.2) is 4.79 Å². The van der Waals surface area contributed by atoms with Gasteiger partial charge in [-0.15, -0.1) is 0 Å². The van der Waals surface area contributed by atoms with Crippen LogP contribution in [-0.4, -0.2) is 31.3 Å². The number of aliphatic carboxylic acids is 1. The normalized spacial score (nSPS) is 14.4. The maximum atomic E-state index is 11.3. The van der Waals surface area contributed by atoms with Gasteiger partial charge in [-0.05, 0) is 6.92 Å². The van der Waals surface area contributed by atoms with Gasteiger partial charge in [0.25, 0.3) is 5.56 Å². The molecule has 16 heavy (non-hydrogen) atoms. The minimum Gasteiger partial charge on any atom is -0.494 e. The Kier molecular flexibility index (Phi) is 2.86. The lowest BCUT2D eigenvalue weighted by molar-refractivity contribution is -0.143. The largest absolute Gasteiger partial charge is 0.494 e. The van der Waals surface area contributed by atoms with E-state index in [9.17, 15) is 19.5 Å². The van der Waals surface area contributed by atoms with Crippen LogP contribution in [0.5, 0.6) is 5.88 Å². The summed E-state index contributed by atoms with van der Waals surface area (Å²) in [5.74, 6) is -1.96. The molecule has 0 bridgehead atoms. The van der Waals surface area contributed by atoms with Gasteiger partial charge in [0.1, 0.15) is 5.54 Å². The molecule has 0 saturated heterocycles. The van der Waals surface area contributed by atoms with Gasteiger partial charge in [-0.2, -0.15) is 0 Å². The zero-order chi connectivity index (χ0) is 12.5. The van der Waals surface area contributed by atoms with Gasteiger partial charge in [0.15, 0.2) is 0 Å². The van der Waals surface area contributed by atoms with E-state index in [-0.39, 0.29) is 0 Å². The molecule has 0 aliphatic heterocycles. The lowest BCUT2D eigenvalue weighted by atomic mass is 10.1. The maximum absolute atomic E-state index is 11.3. The maximum Gasteiger partial charge on any atom is 0.331 e. The van der Waals surface area contributed by atoms with E-state index in [2.05, 4.69) is 0 Å². The number of hydrogen-bond donors (Lipinski definition) is 4. The van der Waals surface area contributed by atoms with E-state index in [1.54, 1.807) is 0 Å². The summed E-state index contributed by atoms with van der Waals surface area (Å²) >= 11 is 0. The van der Waals surface area contributed by atoms with E-state index < -0.39 is 35.2 Å². The number of carboxylic acid groups (broad SMARTS) is 1. The molecular weight excluding hydrogens is 218 g/mol. The molecule has 5 N–H and O–H groups in total. The molecule has 1 aromatic heterocycles. The van der Waals surface area contributed by atoms with Crippen LogP contribution in [0.25, 0.3) is 0 Å². The molecule has 0 aliphatic rings. The van der Waals surface area contributed by atoms with Gasteiger partial charge in [0.05, 0.1) is 12.6 Å². The number of nitrogens with two attached hydrogens (primary N) is 1. The van der Waals surface area contributed by atoms with Crippen LogP contribution in [0.2, 0.25) is 0 Å². The SMILES string of the molecule is CC(N)(Cn1c(O)cc(=O)[nH]c1=O)C(=O)O. The van der Waals surface area contributed by atoms with Gasteiger partial charge < -0.3 is 15.9 Å². The second kappa shape index (κ2) is 3.81. The second-order valence-electron chi connectivity index (χ2n) is 3.61. The number of aromatic nitrogens is 2. The topological polar surface area (TPSA) is 138 Å². The van der Waals surface area contributed by atoms with E-state index in [0.717, 1.165) is 6.07 Å². The Hall–Kier alpha value is -2.09. The molecule has 8 nitrogen and oxygen atoms in total. The zero-order valence-electron chi connectivity index (χ0n) is 8.43. The molecule has 0 saturated carbocycles. The fourth-order valence-corrected chi connectivity index (χ4v) is 1.06. The molecule has 1 heterocycles. The second-order valence-corrected chi connectivity index (χ2v) is 3.61. The number of hydrogen-bond acceptors (Lipinski definition) is 5. The summed E-state index contributed by atoms with van der Waals surface area (Å²) < 4.78 is 0.676. The Morgan fingerprint density at radius 3 is 2.62 bits per heavy atom. The van der Waals surface area contributed by atoms with Crippen molar-refractivity contribution in [2.75, 3.05) is 0 Å². The van der Waals surface area contributed by atoms with Crippen LogP contribution < -0.4 is 17.0 Å². The highest BCUT2D eigenvalue weighted by atomic mass is 16.4. The molecule has 0 aromatic carbocycles. The first-order valence-corrected chi connectivity index (χ1v) is 4.29. The first-order valence-electron chi connectivity index (χ1n) is 4.29. The minimum absolute atomic E-state index is 0.455. The van der Waals surface area contributed by atoms with Crippen molar-refractivity contribution in [2.24, 2.45) is 5.73 Å². The Balaban J connectivity index is 3.22. The minimum atomic E-state index is -1.72. The number of carboxylic acids is 1. The smallest absolute Gasteiger partial charge is 0.331 e. The molecule has 1 atom stereocenters. The monoisotopic (exact) mass is 229 g/mol. The van der Waals surface area contributed by atoms with Crippen LogP contribution in [0.1, 0.15) is 6.92 Å². The number of aromatic amines is 1. The Bertz CT molecular complexity index is 527. The standard InChI is InChI=1S/C8H11N3O5/c1-8(9,6(14)15)3-11-5(13)2-4(12)10-7(11)16/h2,13H,3,9H2,1H3,(H,14,15)(H,10,12,16). The van der Waals surface area contributed by atoms with Crippen molar-refractivity contribution in [2.45, 2.75) is 19.0 Å². The lowest BCUT2D eigenvalue weighted by Gasteiger charge is -2.20. The molecule has 1 aromatic rings. The van der Waals surface area contributed by atoms with E-state index in [1.807, 2.05) is 4.98 Å². The first-order chi connectivity index (χ1) is 7.24. The summed E-state index contributed by atoms with van der Waals surface area (Å²) in [7, 11) is 0. The van der Waals surface area contributed by atoms with E-state index in [0.29, 0.717) is 4.57 Å². The van der Waals surface area contributed by atoms with E-state index in [1.165, 1.54) is 6.92 Å². The number of carbonyl (C=O) groups is 1. The quantitative estimate of drug-likeness (QED) is 0.475. The Morgan fingerprint density at radius 2 is 2.19 bits per heavy atom. The van der Waals surface area contributed by atoms with Crippen molar-refractivity contribution >= 4 is 5.97 Å². The van der Waals surface area contributed by atoms with Crippen LogP contribution in [0.15, 0.2) is 15.7 Å². The summed E-state index contributed by atoms with van der Waals surface area (Å²) in [4.78, 5) is 34.7. The molecule has 0 amide bonds.